The van der Waals surface area contributed by atoms with Crippen LogP contribution in [0, 0.1) is 13.8 Å². The van der Waals surface area contributed by atoms with Gasteiger partial charge < -0.3 is 10.1 Å². The van der Waals surface area contributed by atoms with Crippen LogP contribution in [-0.2, 0) is 19.6 Å². The van der Waals surface area contributed by atoms with Gasteiger partial charge in [-0.1, -0.05) is 11.6 Å². The molecule has 0 aliphatic rings. The second-order valence-corrected chi connectivity index (χ2v) is 9.83. The fourth-order valence-corrected chi connectivity index (χ4v) is 3.96. The third-order valence-electron chi connectivity index (χ3n) is 4.50. The van der Waals surface area contributed by atoms with Gasteiger partial charge >= 0.3 is 5.97 Å². The molecular formula is C21H22ClN5O5S. The molecule has 3 aromatic rings. The predicted octanol–water partition coefficient (Wildman–Crippen LogP) is 2.58. The first-order valence-electron chi connectivity index (χ1n) is 9.69. The summed E-state index contributed by atoms with van der Waals surface area (Å²) >= 11 is 6.10. The maximum atomic E-state index is 12.5. The number of hydrogen-bond donors (Lipinski definition) is 1. The van der Waals surface area contributed by atoms with Crippen LogP contribution in [0.1, 0.15) is 21.9 Å². The van der Waals surface area contributed by atoms with Crippen molar-refractivity contribution in [3.8, 4) is 5.82 Å². The van der Waals surface area contributed by atoms with Crippen LogP contribution in [0.2, 0.25) is 5.02 Å². The smallest absolute Gasteiger partial charge is 0.359 e. The molecule has 33 heavy (non-hydrogen) atoms. The number of nitrogens with one attached hydrogen (secondary N) is 1. The van der Waals surface area contributed by atoms with Crippen LogP contribution in [0.5, 0.6) is 0 Å². The summed E-state index contributed by atoms with van der Waals surface area (Å²) in [5.74, 6) is -1.10. The number of pyridine rings is 1. The average Bonchev–Trinajstić information content (AvgIpc) is 3.10. The first-order chi connectivity index (χ1) is 15.5. The molecule has 12 heteroatoms. The Balaban J connectivity index is 1.64. The number of carbonyl (C=O) groups excluding carboxylic acids is 2. The van der Waals surface area contributed by atoms with E-state index in [2.05, 4.69) is 15.4 Å². The fourth-order valence-electron chi connectivity index (χ4n) is 2.87. The molecule has 1 aromatic carbocycles. The zero-order valence-corrected chi connectivity index (χ0v) is 19.9. The number of anilines is 1. The van der Waals surface area contributed by atoms with Gasteiger partial charge in [0.05, 0.1) is 15.6 Å². The number of amides is 1. The third-order valence-corrected chi connectivity index (χ3v) is 6.64. The monoisotopic (exact) mass is 491 g/mol. The van der Waals surface area contributed by atoms with Gasteiger partial charge in [-0.25, -0.2) is 27.2 Å². The van der Waals surface area contributed by atoms with E-state index in [-0.39, 0.29) is 15.6 Å². The summed E-state index contributed by atoms with van der Waals surface area (Å²) in [6, 6.07) is 10.6. The van der Waals surface area contributed by atoms with Gasteiger partial charge in [-0.15, -0.1) is 0 Å². The molecule has 0 aliphatic carbocycles. The zero-order chi connectivity index (χ0) is 24.3. The average molecular weight is 492 g/mol. The van der Waals surface area contributed by atoms with E-state index in [0.717, 1.165) is 15.7 Å². The molecule has 0 radical (unpaired) electrons. The lowest BCUT2D eigenvalue weighted by atomic mass is 10.3. The van der Waals surface area contributed by atoms with Crippen molar-refractivity contribution in [2.75, 3.05) is 26.0 Å². The Morgan fingerprint density at radius 2 is 1.79 bits per heavy atom. The molecule has 1 N–H and O–H groups in total. The van der Waals surface area contributed by atoms with Gasteiger partial charge in [0.25, 0.3) is 5.91 Å². The van der Waals surface area contributed by atoms with Crippen molar-refractivity contribution >= 4 is 39.2 Å². The number of ether oxygens (including phenoxy) is 1. The van der Waals surface area contributed by atoms with Crippen molar-refractivity contribution in [3.05, 3.63) is 64.6 Å². The summed E-state index contributed by atoms with van der Waals surface area (Å²) in [7, 11) is -0.730. The van der Waals surface area contributed by atoms with Crippen LogP contribution >= 0.6 is 11.6 Å². The second kappa shape index (κ2) is 9.69. The maximum absolute atomic E-state index is 12.5. The topological polar surface area (TPSA) is 123 Å². The molecular weight excluding hydrogens is 470 g/mol. The number of hydrogen-bond acceptors (Lipinski definition) is 7. The highest BCUT2D eigenvalue weighted by Gasteiger charge is 2.19. The second-order valence-electron chi connectivity index (χ2n) is 7.27. The number of aryl methyl sites for hydroxylation is 2. The molecule has 0 bridgehead atoms. The van der Waals surface area contributed by atoms with Crippen molar-refractivity contribution in [3.63, 3.8) is 0 Å². The number of sulfonamides is 1. The lowest BCUT2D eigenvalue weighted by Gasteiger charge is -2.12. The van der Waals surface area contributed by atoms with Crippen molar-refractivity contribution in [1.29, 1.82) is 0 Å². The number of rotatable bonds is 7. The number of halogens is 1. The summed E-state index contributed by atoms with van der Waals surface area (Å²) in [6.45, 7) is 3.10. The summed E-state index contributed by atoms with van der Waals surface area (Å²) < 4.78 is 31.9. The maximum Gasteiger partial charge on any atom is 0.359 e. The summed E-state index contributed by atoms with van der Waals surface area (Å²) in [5.41, 5.74) is 1.81. The van der Waals surface area contributed by atoms with Crippen LogP contribution in [-0.4, -0.2) is 60.1 Å². The van der Waals surface area contributed by atoms with Gasteiger partial charge in [0, 0.05) is 25.5 Å². The van der Waals surface area contributed by atoms with Gasteiger partial charge in [0.1, 0.15) is 0 Å². The molecule has 0 saturated carbocycles. The van der Waals surface area contributed by atoms with Crippen molar-refractivity contribution < 1.29 is 22.7 Å². The van der Waals surface area contributed by atoms with E-state index in [0.29, 0.717) is 11.5 Å². The van der Waals surface area contributed by atoms with E-state index in [1.807, 2.05) is 19.9 Å². The quantitative estimate of drug-likeness (QED) is 0.504. The van der Waals surface area contributed by atoms with E-state index in [9.17, 15) is 18.0 Å². The Hall–Kier alpha value is -3.28. The standard InChI is InChI=1S/C21H22ClN5O5S/c1-13-11-14(2)27(25-13)18-10-9-17(22)20(24-18)21(29)32-12-19(28)23-15-5-7-16(8-6-15)33(30,31)26(3)4/h5-11H,12H2,1-4H3,(H,23,28). The Morgan fingerprint density at radius 1 is 1.12 bits per heavy atom. The molecule has 0 saturated heterocycles. The lowest BCUT2D eigenvalue weighted by Crippen LogP contribution is -2.23. The number of carbonyl (C=O) groups is 2. The minimum absolute atomic E-state index is 0.0726. The van der Waals surface area contributed by atoms with E-state index >= 15 is 0 Å². The molecule has 1 amide bonds. The van der Waals surface area contributed by atoms with Crippen molar-refractivity contribution in [1.82, 2.24) is 19.1 Å². The Morgan fingerprint density at radius 3 is 2.36 bits per heavy atom. The minimum atomic E-state index is -3.58. The van der Waals surface area contributed by atoms with Crippen molar-refractivity contribution in [2.24, 2.45) is 0 Å². The van der Waals surface area contributed by atoms with Crippen LogP contribution in [0.3, 0.4) is 0 Å². The van der Waals surface area contributed by atoms with E-state index in [4.69, 9.17) is 16.3 Å². The molecule has 0 aliphatic heterocycles. The molecule has 0 atom stereocenters. The third kappa shape index (κ3) is 5.56. The van der Waals surface area contributed by atoms with Crippen LogP contribution in [0.25, 0.3) is 5.82 Å². The predicted molar refractivity (Wildman–Crippen MR) is 122 cm³/mol. The van der Waals surface area contributed by atoms with Crippen LogP contribution < -0.4 is 5.32 Å². The molecule has 174 valence electrons. The van der Waals surface area contributed by atoms with Crippen LogP contribution in [0.15, 0.2) is 47.4 Å². The molecule has 0 fully saturated rings. The van der Waals surface area contributed by atoms with Gasteiger partial charge in [-0.05, 0) is 56.3 Å². The molecule has 10 nitrogen and oxygen atoms in total. The number of aromatic nitrogens is 3. The zero-order valence-electron chi connectivity index (χ0n) is 18.4. The van der Waals surface area contributed by atoms with Crippen LogP contribution in [0.4, 0.5) is 5.69 Å². The summed E-state index contributed by atoms with van der Waals surface area (Å²) in [4.78, 5) is 29.0. The Kier molecular flexibility index (Phi) is 7.15. The molecule has 2 heterocycles. The summed E-state index contributed by atoms with van der Waals surface area (Å²) in [5, 5.41) is 6.92. The number of benzene rings is 1. The van der Waals surface area contributed by atoms with Gasteiger partial charge in [0.15, 0.2) is 18.1 Å². The molecule has 0 spiro atoms. The molecule has 3 rings (SSSR count). The first kappa shape index (κ1) is 24.4. The lowest BCUT2D eigenvalue weighted by molar-refractivity contribution is -0.119. The summed E-state index contributed by atoms with van der Waals surface area (Å²) in [6.07, 6.45) is 0. The Labute approximate surface area is 196 Å². The van der Waals surface area contributed by atoms with E-state index in [1.165, 1.54) is 44.4 Å². The van der Waals surface area contributed by atoms with Gasteiger partial charge in [-0.2, -0.15) is 5.10 Å². The Bertz CT molecular complexity index is 1300. The number of esters is 1. The highest BCUT2D eigenvalue weighted by Crippen LogP contribution is 2.19. The fraction of sp³-hybridized carbons (Fsp3) is 0.238. The largest absolute Gasteiger partial charge is 0.451 e. The molecule has 2 aromatic heterocycles. The van der Waals surface area contributed by atoms with E-state index in [1.54, 1.807) is 10.7 Å². The first-order valence-corrected chi connectivity index (χ1v) is 11.5. The van der Waals surface area contributed by atoms with Gasteiger partial charge in [-0.3, -0.25) is 4.79 Å². The van der Waals surface area contributed by atoms with Gasteiger partial charge in [0.2, 0.25) is 10.0 Å². The molecule has 0 unspecified atom stereocenters. The normalized spacial score (nSPS) is 11.5. The van der Waals surface area contributed by atoms with Crippen molar-refractivity contribution in [2.45, 2.75) is 18.7 Å². The van der Waals surface area contributed by atoms with E-state index < -0.39 is 28.5 Å². The number of nitrogens with zero attached hydrogens (tertiary/aromatic N) is 4. The highest BCUT2D eigenvalue weighted by atomic mass is 35.5. The SMILES string of the molecule is Cc1cc(C)n(-c2ccc(Cl)c(C(=O)OCC(=O)Nc3ccc(S(=O)(=O)N(C)C)cc3)n2)n1. The minimum Gasteiger partial charge on any atom is -0.451 e. The highest BCUT2D eigenvalue weighted by molar-refractivity contribution is 7.89.